The van der Waals surface area contributed by atoms with Crippen LogP contribution < -0.4 is 0 Å². The van der Waals surface area contributed by atoms with Crippen molar-refractivity contribution in [3.63, 3.8) is 0 Å². The quantitative estimate of drug-likeness (QED) is 0.765. The third-order valence-corrected chi connectivity index (χ3v) is 3.91. The van der Waals surface area contributed by atoms with Crippen LogP contribution in [0.4, 0.5) is 0 Å². The normalized spacial score (nSPS) is 18.8. The molecule has 0 bridgehead atoms. The van der Waals surface area contributed by atoms with E-state index < -0.39 is 0 Å². The molecule has 1 aromatic heterocycles. The monoisotopic (exact) mass is 257 g/mol. The molecule has 2 heterocycles. The molecule has 1 aliphatic heterocycles. The zero-order chi connectivity index (χ0) is 9.10. The molecule has 3 heteroatoms. The van der Waals surface area contributed by atoms with Crippen molar-refractivity contribution < 1.29 is 0 Å². The van der Waals surface area contributed by atoms with Crippen LogP contribution in [0, 0.1) is 0 Å². The molecule has 1 saturated heterocycles. The number of hydrogen-bond donors (Lipinski definition) is 0. The molecule has 0 radical (unpaired) electrons. The van der Waals surface area contributed by atoms with E-state index in [1.807, 2.05) is 6.20 Å². The Kier molecular flexibility index (Phi) is 3.28. The van der Waals surface area contributed by atoms with Gasteiger partial charge in [0.2, 0.25) is 0 Å². The van der Waals surface area contributed by atoms with Crippen molar-refractivity contribution in [3.05, 3.63) is 28.5 Å². The fraction of sp³-hybridized carbons (Fsp3) is 0.500. The minimum absolute atomic E-state index is 0.703. The highest BCUT2D eigenvalue weighted by atomic mass is 79.9. The van der Waals surface area contributed by atoms with Gasteiger partial charge in [-0.05, 0) is 52.4 Å². The number of halogens is 1. The molecule has 0 atom stereocenters. The molecule has 13 heavy (non-hydrogen) atoms. The van der Waals surface area contributed by atoms with Crippen LogP contribution in [0.1, 0.15) is 24.5 Å². The summed E-state index contributed by atoms with van der Waals surface area (Å²) in [6, 6.07) is 4.23. The van der Waals surface area contributed by atoms with Crippen LogP contribution in [0.3, 0.4) is 0 Å². The van der Waals surface area contributed by atoms with Crippen LogP contribution in [0.15, 0.2) is 22.8 Å². The van der Waals surface area contributed by atoms with Gasteiger partial charge in [0.15, 0.2) is 0 Å². The van der Waals surface area contributed by atoms with Crippen LogP contribution in [0.25, 0.3) is 0 Å². The summed E-state index contributed by atoms with van der Waals surface area (Å²) in [4.78, 5) is 4.45. The molecule has 70 valence electrons. The number of hydrogen-bond acceptors (Lipinski definition) is 2. The van der Waals surface area contributed by atoms with Crippen molar-refractivity contribution in [2.24, 2.45) is 0 Å². The Balaban J connectivity index is 2.10. The van der Waals surface area contributed by atoms with Gasteiger partial charge < -0.3 is 0 Å². The van der Waals surface area contributed by atoms with Crippen LogP contribution >= 0.6 is 27.7 Å². The fourth-order valence-corrected chi connectivity index (χ4v) is 2.96. The van der Waals surface area contributed by atoms with E-state index in [4.69, 9.17) is 0 Å². The number of thioether (sulfide) groups is 1. The maximum atomic E-state index is 4.45. The Morgan fingerprint density at radius 1 is 1.31 bits per heavy atom. The van der Waals surface area contributed by atoms with Gasteiger partial charge in [0.1, 0.15) is 0 Å². The van der Waals surface area contributed by atoms with Gasteiger partial charge in [-0.25, -0.2) is 0 Å². The molecule has 0 spiro atoms. The highest BCUT2D eigenvalue weighted by Crippen LogP contribution is 2.30. The Labute approximate surface area is 91.5 Å². The lowest BCUT2D eigenvalue weighted by Crippen LogP contribution is -2.08. The second-order valence-corrected chi connectivity index (χ2v) is 5.43. The maximum absolute atomic E-state index is 4.45. The standard InChI is InChI=1S/C10H12BrNS/c11-9-1-2-10(12-7-9)8-3-5-13-6-4-8/h1-2,7-8H,3-6H2. The molecule has 0 amide bonds. The van der Waals surface area contributed by atoms with Crippen LogP contribution in [-0.4, -0.2) is 16.5 Å². The zero-order valence-corrected chi connectivity index (χ0v) is 9.77. The van der Waals surface area contributed by atoms with Gasteiger partial charge in [-0.2, -0.15) is 11.8 Å². The van der Waals surface area contributed by atoms with Gasteiger partial charge in [-0.1, -0.05) is 0 Å². The van der Waals surface area contributed by atoms with E-state index in [1.54, 1.807) is 0 Å². The first-order chi connectivity index (χ1) is 6.36. The molecule has 0 saturated carbocycles. The minimum Gasteiger partial charge on any atom is -0.260 e. The largest absolute Gasteiger partial charge is 0.260 e. The molecule has 1 aromatic rings. The molecular weight excluding hydrogens is 246 g/mol. The third kappa shape index (κ3) is 2.47. The van der Waals surface area contributed by atoms with Crippen molar-refractivity contribution in [1.82, 2.24) is 4.98 Å². The van der Waals surface area contributed by atoms with Crippen molar-refractivity contribution in [2.45, 2.75) is 18.8 Å². The summed E-state index contributed by atoms with van der Waals surface area (Å²) >= 11 is 5.46. The molecule has 0 aliphatic carbocycles. The van der Waals surface area contributed by atoms with Crippen molar-refractivity contribution in [3.8, 4) is 0 Å². The summed E-state index contributed by atoms with van der Waals surface area (Å²) in [5.41, 5.74) is 1.27. The number of nitrogens with zero attached hydrogens (tertiary/aromatic N) is 1. The molecule has 1 nitrogen and oxygen atoms in total. The predicted octanol–water partition coefficient (Wildman–Crippen LogP) is 3.45. The number of rotatable bonds is 1. The van der Waals surface area contributed by atoms with Gasteiger partial charge >= 0.3 is 0 Å². The van der Waals surface area contributed by atoms with Gasteiger partial charge in [-0.15, -0.1) is 0 Å². The Bertz CT molecular complexity index is 267. The summed E-state index contributed by atoms with van der Waals surface area (Å²) in [6.45, 7) is 0. The van der Waals surface area contributed by atoms with Gasteiger partial charge in [0.05, 0.1) is 0 Å². The smallest absolute Gasteiger partial charge is 0.0435 e. The van der Waals surface area contributed by atoms with E-state index in [0.29, 0.717) is 5.92 Å². The first-order valence-corrected chi connectivity index (χ1v) is 6.50. The van der Waals surface area contributed by atoms with Crippen molar-refractivity contribution >= 4 is 27.7 Å². The SMILES string of the molecule is Brc1ccc(C2CCSCC2)nc1. The Morgan fingerprint density at radius 3 is 2.69 bits per heavy atom. The number of aromatic nitrogens is 1. The summed E-state index contributed by atoms with van der Waals surface area (Å²) in [5.74, 6) is 3.29. The van der Waals surface area contributed by atoms with Crippen LogP contribution in [-0.2, 0) is 0 Å². The van der Waals surface area contributed by atoms with E-state index >= 15 is 0 Å². The molecule has 2 rings (SSSR count). The lowest BCUT2D eigenvalue weighted by atomic mass is 9.98. The average molecular weight is 258 g/mol. The lowest BCUT2D eigenvalue weighted by Gasteiger charge is -2.20. The summed E-state index contributed by atoms with van der Waals surface area (Å²) < 4.78 is 1.07. The highest BCUT2D eigenvalue weighted by molar-refractivity contribution is 9.10. The van der Waals surface area contributed by atoms with Crippen molar-refractivity contribution in [1.29, 1.82) is 0 Å². The van der Waals surface area contributed by atoms with Crippen molar-refractivity contribution in [2.75, 3.05) is 11.5 Å². The lowest BCUT2D eigenvalue weighted by molar-refractivity contribution is 0.619. The summed E-state index contributed by atoms with van der Waals surface area (Å²) in [7, 11) is 0. The van der Waals surface area contributed by atoms with E-state index in [0.717, 1.165) is 4.47 Å². The van der Waals surface area contributed by atoms with E-state index in [-0.39, 0.29) is 0 Å². The third-order valence-electron chi connectivity index (χ3n) is 2.39. The first-order valence-electron chi connectivity index (χ1n) is 4.55. The van der Waals surface area contributed by atoms with Crippen LogP contribution in [0.2, 0.25) is 0 Å². The first kappa shape index (κ1) is 9.53. The molecule has 0 N–H and O–H groups in total. The molecule has 1 fully saturated rings. The van der Waals surface area contributed by atoms with E-state index in [1.165, 1.54) is 30.0 Å². The maximum Gasteiger partial charge on any atom is 0.0435 e. The second kappa shape index (κ2) is 4.47. The fourth-order valence-electron chi connectivity index (χ4n) is 1.62. The van der Waals surface area contributed by atoms with Gasteiger partial charge in [0.25, 0.3) is 0 Å². The minimum atomic E-state index is 0.703. The molecule has 0 unspecified atom stereocenters. The van der Waals surface area contributed by atoms with Gasteiger partial charge in [0, 0.05) is 22.3 Å². The zero-order valence-electron chi connectivity index (χ0n) is 7.37. The summed E-state index contributed by atoms with van der Waals surface area (Å²) in [6.07, 6.45) is 4.48. The Morgan fingerprint density at radius 2 is 2.08 bits per heavy atom. The van der Waals surface area contributed by atoms with Gasteiger partial charge in [-0.3, -0.25) is 4.98 Å². The molecule has 0 aromatic carbocycles. The van der Waals surface area contributed by atoms with E-state index in [2.05, 4.69) is 44.8 Å². The summed E-state index contributed by atoms with van der Waals surface area (Å²) in [5, 5.41) is 0. The average Bonchev–Trinajstić information content (AvgIpc) is 2.20. The van der Waals surface area contributed by atoms with E-state index in [9.17, 15) is 0 Å². The van der Waals surface area contributed by atoms with Crippen LogP contribution in [0.5, 0.6) is 0 Å². The Hall–Kier alpha value is -0.0200. The molecular formula is C10H12BrNS. The topological polar surface area (TPSA) is 12.9 Å². The second-order valence-electron chi connectivity index (χ2n) is 3.29. The predicted molar refractivity (Wildman–Crippen MR) is 61.2 cm³/mol. The molecule has 1 aliphatic rings. The number of pyridine rings is 1. The highest BCUT2D eigenvalue weighted by Gasteiger charge is 2.16.